The minimum Gasteiger partial charge on any atom is -0.382 e. The minimum atomic E-state index is -0.474. The SMILES string of the molecule is Cc1c(C(=O)Nc2ccc(NC3CCCCC3)cc2)cccc1[N+](=O)[O-]. The number of nitro groups is 1. The van der Waals surface area contributed by atoms with Crippen LogP contribution in [0.5, 0.6) is 0 Å². The van der Waals surface area contributed by atoms with Crippen molar-refractivity contribution in [3.8, 4) is 0 Å². The first-order chi connectivity index (χ1) is 12.5. The summed E-state index contributed by atoms with van der Waals surface area (Å²) in [6.45, 7) is 1.59. The second kappa shape index (κ2) is 7.99. The predicted octanol–water partition coefficient (Wildman–Crippen LogP) is 4.90. The molecule has 0 atom stereocenters. The summed E-state index contributed by atoms with van der Waals surface area (Å²) in [6.07, 6.45) is 6.26. The monoisotopic (exact) mass is 353 g/mol. The Balaban J connectivity index is 1.66. The molecule has 1 saturated carbocycles. The van der Waals surface area contributed by atoms with Crippen molar-refractivity contribution in [2.24, 2.45) is 0 Å². The smallest absolute Gasteiger partial charge is 0.273 e. The molecule has 1 amide bonds. The van der Waals surface area contributed by atoms with Gasteiger partial charge in [-0.15, -0.1) is 0 Å². The molecule has 6 nitrogen and oxygen atoms in total. The normalized spacial score (nSPS) is 14.7. The van der Waals surface area contributed by atoms with Crippen molar-refractivity contribution < 1.29 is 9.72 Å². The highest BCUT2D eigenvalue weighted by Crippen LogP contribution is 2.24. The van der Waals surface area contributed by atoms with Crippen LogP contribution in [0.4, 0.5) is 17.1 Å². The molecule has 0 aliphatic heterocycles. The third-order valence-electron chi connectivity index (χ3n) is 4.87. The van der Waals surface area contributed by atoms with Crippen LogP contribution in [0.2, 0.25) is 0 Å². The summed E-state index contributed by atoms with van der Waals surface area (Å²) in [6, 6.07) is 12.6. The van der Waals surface area contributed by atoms with Gasteiger partial charge in [0.1, 0.15) is 0 Å². The Hall–Kier alpha value is -2.89. The third-order valence-corrected chi connectivity index (χ3v) is 4.87. The van der Waals surface area contributed by atoms with Crippen LogP contribution in [0.3, 0.4) is 0 Å². The zero-order valence-corrected chi connectivity index (χ0v) is 14.8. The Morgan fingerprint density at radius 1 is 1.04 bits per heavy atom. The molecule has 136 valence electrons. The highest BCUT2D eigenvalue weighted by Gasteiger charge is 2.18. The lowest BCUT2D eigenvalue weighted by atomic mass is 9.95. The van der Waals surface area contributed by atoms with Gasteiger partial charge >= 0.3 is 0 Å². The molecule has 3 rings (SSSR count). The number of rotatable bonds is 5. The van der Waals surface area contributed by atoms with Gasteiger partial charge in [-0.05, 0) is 50.1 Å². The lowest BCUT2D eigenvalue weighted by molar-refractivity contribution is -0.385. The zero-order valence-electron chi connectivity index (χ0n) is 14.8. The number of nitrogens with zero attached hydrogens (tertiary/aromatic N) is 1. The van der Waals surface area contributed by atoms with Gasteiger partial charge in [-0.25, -0.2) is 0 Å². The lowest BCUT2D eigenvalue weighted by Crippen LogP contribution is -2.22. The van der Waals surface area contributed by atoms with Gasteiger partial charge in [0.05, 0.1) is 4.92 Å². The number of hydrogen-bond donors (Lipinski definition) is 2. The fourth-order valence-corrected chi connectivity index (χ4v) is 3.40. The Bertz CT molecular complexity index is 796. The molecule has 26 heavy (non-hydrogen) atoms. The van der Waals surface area contributed by atoms with E-state index in [1.807, 2.05) is 24.3 Å². The van der Waals surface area contributed by atoms with Crippen molar-refractivity contribution in [1.82, 2.24) is 0 Å². The van der Waals surface area contributed by atoms with Gasteiger partial charge < -0.3 is 10.6 Å². The van der Waals surface area contributed by atoms with Gasteiger partial charge in [-0.1, -0.05) is 25.3 Å². The van der Waals surface area contributed by atoms with Crippen molar-refractivity contribution in [3.05, 3.63) is 63.7 Å². The van der Waals surface area contributed by atoms with E-state index in [1.165, 1.54) is 44.2 Å². The molecule has 0 heterocycles. The first kappa shape index (κ1) is 17.9. The van der Waals surface area contributed by atoms with Crippen LogP contribution in [0, 0.1) is 17.0 Å². The predicted molar refractivity (Wildman–Crippen MR) is 103 cm³/mol. The van der Waals surface area contributed by atoms with E-state index < -0.39 is 4.92 Å². The number of nitrogens with one attached hydrogen (secondary N) is 2. The number of anilines is 2. The Labute approximate surface area is 152 Å². The van der Waals surface area contributed by atoms with E-state index in [0.717, 1.165) is 5.69 Å². The van der Waals surface area contributed by atoms with Crippen molar-refractivity contribution in [1.29, 1.82) is 0 Å². The average molecular weight is 353 g/mol. The van der Waals surface area contributed by atoms with Gasteiger partial charge in [0.25, 0.3) is 11.6 Å². The molecule has 2 aromatic rings. The lowest BCUT2D eigenvalue weighted by Gasteiger charge is -2.23. The Kier molecular flexibility index (Phi) is 5.51. The van der Waals surface area contributed by atoms with E-state index in [1.54, 1.807) is 13.0 Å². The van der Waals surface area contributed by atoms with Crippen LogP contribution in [0.15, 0.2) is 42.5 Å². The van der Waals surface area contributed by atoms with Crippen LogP contribution >= 0.6 is 0 Å². The molecular formula is C20H23N3O3. The molecule has 2 N–H and O–H groups in total. The van der Waals surface area contributed by atoms with Crippen LogP contribution < -0.4 is 10.6 Å². The fraction of sp³-hybridized carbons (Fsp3) is 0.350. The topological polar surface area (TPSA) is 84.3 Å². The number of carbonyl (C=O) groups is 1. The van der Waals surface area contributed by atoms with E-state index in [0.29, 0.717) is 22.9 Å². The molecular weight excluding hydrogens is 330 g/mol. The molecule has 0 bridgehead atoms. The van der Waals surface area contributed by atoms with E-state index in [4.69, 9.17) is 0 Å². The maximum absolute atomic E-state index is 12.5. The first-order valence-electron chi connectivity index (χ1n) is 8.96. The first-order valence-corrected chi connectivity index (χ1v) is 8.96. The van der Waals surface area contributed by atoms with Crippen LogP contribution in [0.25, 0.3) is 0 Å². The van der Waals surface area contributed by atoms with E-state index >= 15 is 0 Å². The number of amides is 1. The molecule has 0 aromatic heterocycles. The number of hydrogen-bond acceptors (Lipinski definition) is 4. The van der Waals surface area contributed by atoms with Crippen molar-refractivity contribution in [2.45, 2.75) is 45.1 Å². The maximum Gasteiger partial charge on any atom is 0.273 e. The third kappa shape index (κ3) is 4.20. The Morgan fingerprint density at radius 3 is 2.35 bits per heavy atom. The van der Waals surface area contributed by atoms with E-state index in [9.17, 15) is 14.9 Å². The van der Waals surface area contributed by atoms with E-state index in [2.05, 4.69) is 10.6 Å². The summed E-state index contributed by atoms with van der Waals surface area (Å²) in [5.74, 6) is -0.348. The molecule has 0 spiro atoms. The zero-order chi connectivity index (χ0) is 18.5. The van der Waals surface area contributed by atoms with Gasteiger partial charge in [0.2, 0.25) is 0 Å². The Morgan fingerprint density at radius 2 is 1.69 bits per heavy atom. The molecule has 1 aliphatic rings. The van der Waals surface area contributed by atoms with Crippen molar-refractivity contribution in [2.75, 3.05) is 10.6 Å². The second-order valence-corrected chi connectivity index (χ2v) is 6.72. The minimum absolute atomic E-state index is 0.0512. The second-order valence-electron chi connectivity index (χ2n) is 6.72. The molecule has 2 aromatic carbocycles. The highest BCUT2D eigenvalue weighted by molar-refractivity contribution is 6.05. The molecule has 0 saturated heterocycles. The number of carbonyl (C=O) groups excluding carboxylic acids is 1. The van der Waals surface area contributed by atoms with Crippen molar-refractivity contribution >= 4 is 23.0 Å². The highest BCUT2D eigenvalue weighted by atomic mass is 16.6. The fourth-order valence-electron chi connectivity index (χ4n) is 3.40. The van der Waals surface area contributed by atoms with Crippen LogP contribution in [0.1, 0.15) is 48.0 Å². The van der Waals surface area contributed by atoms with Crippen LogP contribution in [-0.2, 0) is 0 Å². The molecule has 1 fully saturated rings. The summed E-state index contributed by atoms with van der Waals surface area (Å²) < 4.78 is 0. The summed E-state index contributed by atoms with van der Waals surface area (Å²) >= 11 is 0. The maximum atomic E-state index is 12.5. The largest absolute Gasteiger partial charge is 0.382 e. The van der Waals surface area contributed by atoms with Crippen LogP contribution in [-0.4, -0.2) is 16.9 Å². The van der Waals surface area contributed by atoms with Crippen molar-refractivity contribution in [3.63, 3.8) is 0 Å². The summed E-state index contributed by atoms with van der Waals surface area (Å²) in [4.78, 5) is 23.0. The van der Waals surface area contributed by atoms with E-state index in [-0.39, 0.29) is 11.6 Å². The molecule has 0 radical (unpaired) electrons. The summed E-state index contributed by atoms with van der Waals surface area (Å²) in [5.41, 5.74) is 2.33. The number of nitro benzene ring substituents is 1. The van der Waals surface area contributed by atoms with Gasteiger partial charge in [0, 0.05) is 34.6 Å². The average Bonchev–Trinajstić information content (AvgIpc) is 2.64. The summed E-state index contributed by atoms with van der Waals surface area (Å²) in [7, 11) is 0. The molecule has 0 unspecified atom stereocenters. The van der Waals surface area contributed by atoms with Gasteiger partial charge in [-0.2, -0.15) is 0 Å². The van der Waals surface area contributed by atoms with Gasteiger partial charge in [-0.3, -0.25) is 14.9 Å². The summed E-state index contributed by atoms with van der Waals surface area (Å²) in [5, 5.41) is 17.4. The van der Waals surface area contributed by atoms with Gasteiger partial charge in [0.15, 0.2) is 0 Å². The quantitative estimate of drug-likeness (QED) is 0.591. The molecule has 1 aliphatic carbocycles. The standard InChI is InChI=1S/C20H23N3O3/c1-14-18(8-5-9-19(14)23(25)26)20(24)22-17-12-10-16(11-13-17)21-15-6-3-2-4-7-15/h5,8-13,15,21H,2-4,6-7H2,1H3,(H,22,24). The number of benzene rings is 2. The molecule has 6 heteroatoms.